The Bertz CT molecular complexity index is 1510. The Labute approximate surface area is 278 Å². The van der Waals surface area contributed by atoms with Crippen LogP contribution in [0.5, 0.6) is 5.75 Å². The average Bonchev–Trinajstić information content (AvgIpc) is 3.03. The first-order valence-electron chi connectivity index (χ1n) is 16.3. The number of carboxylic acid groups (broad SMARTS) is 1. The number of nitrogens with zero attached hydrogens (tertiary/aromatic N) is 2. The topological polar surface area (TPSA) is 122 Å². The summed E-state index contributed by atoms with van der Waals surface area (Å²) in [6, 6.07) is 22.3. The van der Waals surface area contributed by atoms with Crippen LogP contribution in [0.2, 0.25) is 0 Å². The molecule has 0 spiro atoms. The fraction of sp³-hybridized carbons (Fsp3) is 0.395. The van der Waals surface area contributed by atoms with Crippen LogP contribution in [0.4, 0.5) is 0 Å². The number of aromatic hydroxyl groups is 1. The van der Waals surface area contributed by atoms with Crippen LogP contribution in [0.25, 0.3) is 0 Å². The first kappa shape index (κ1) is 35.4. The van der Waals surface area contributed by atoms with E-state index in [1.165, 1.54) is 0 Å². The molecule has 0 saturated carbocycles. The van der Waals surface area contributed by atoms with Gasteiger partial charge < -0.3 is 20.8 Å². The van der Waals surface area contributed by atoms with Gasteiger partial charge in [0.25, 0.3) is 5.91 Å². The summed E-state index contributed by atoms with van der Waals surface area (Å²) in [4.78, 5) is 43.7. The molecule has 0 aliphatic carbocycles. The van der Waals surface area contributed by atoms with E-state index in [0.29, 0.717) is 11.6 Å². The molecule has 9 heteroatoms. The fourth-order valence-electron chi connectivity index (χ4n) is 6.36. The zero-order valence-corrected chi connectivity index (χ0v) is 27.8. The van der Waals surface area contributed by atoms with Crippen LogP contribution < -0.4 is 10.6 Å². The van der Waals surface area contributed by atoms with Crippen molar-refractivity contribution in [3.8, 4) is 5.75 Å². The van der Waals surface area contributed by atoms with Gasteiger partial charge in [0.2, 0.25) is 5.91 Å². The van der Waals surface area contributed by atoms with E-state index in [9.17, 15) is 24.6 Å². The minimum atomic E-state index is -1.11. The number of benzene rings is 3. The molecule has 1 aliphatic rings. The Hall–Kier alpha value is -4.47. The first-order valence-corrected chi connectivity index (χ1v) is 16.3. The molecule has 0 radical (unpaired) electrons. The maximum atomic E-state index is 13.6. The van der Waals surface area contributed by atoms with Gasteiger partial charge in [0.15, 0.2) is 0 Å². The second-order valence-electron chi connectivity index (χ2n) is 13.0. The molecule has 1 saturated heterocycles. The van der Waals surface area contributed by atoms with Gasteiger partial charge in [-0.1, -0.05) is 74.5 Å². The second-order valence-corrected chi connectivity index (χ2v) is 13.0. The van der Waals surface area contributed by atoms with Gasteiger partial charge in [0, 0.05) is 43.7 Å². The number of rotatable bonds is 14. The van der Waals surface area contributed by atoms with Crippen molar-refractivity contribution in [2.45, 2.75) is 70.7 Å². The quantitative estimate of drug-likeness (QED) is 0.183. The van der Waals surface area contributed by atoms with Crippen LogP contribution in [-0.2, 0) is 16.0 Å². The molecule has 5 atom stereocenters. The molecule has 3 unspecified atom stereocenters. The average molecular weight is 641 g/mol. The lowest BCUT2D eigenvalue weighted by Gasteiger charge is -2.47. The first-order chi connectivity index (χ1) is 22.5. The third-order valence-electron chi connectivity index (χ3n) is 8.76. The lowest BCUT2D eigenvalue weighted by molar-refractivity contribution is -0.142. The van der Waals surface area contributed by atoms with Crippen molar-refractivity contribution in [2.75, 3.05) is 19.6 Å². The molecule has 1 heterocycles. The van der Waals surface area contributed by atoms with Gasteiger partial charge in [0.1, 0.15) is 17.8 Å². The van der Waals surface area contributed by atoms with Gasteiger partial charge in [-0.2, -0.15) is 0 Å². The monoisotopic (exact) mass is 640 g/mol. The number of carboxylic acids is 1. The largest absolute Gasteiger partial charge is 0.508 e. The Balaban J connectivity index is 1.58. The third-order valence-corrected chi connectivity index (χ3v) is 8.76. The lowest BCUT2D eigenvalue weighted by Crippen LogP contribution is -2.57. The predicted molar refractivity (Wildman–Crippen MR) is 184 cm³/mol. The van der Waals surface area contributed by atoms with Gasteiger partial charge >= 0.3 is 5.97 Å². The van der Waals surface area contributed by atoms with E-state index in [0.717, 1.165) is 36.3 Å². The number of phenols is 1. The molecule has 3 aromatic carbocycles. The molecule has 3 aromatic rings. The molecule has 0 bridgehead atoms. The highest BCUT2D eigenvalue weighted by Gasteiger charge is 2.35. The maximum absolute atomic E-state index is 13.6. The van der Waals surface area contributed by atoms with Crippen molar-refractivity contribution in [2.24, 2.45) is 5.92 Å². The molecule has 4 rings (SSSR count). The van der Waals surface area contributed by atoms with Crippen molar-refractivity contribution < 1.29 is 24.6 Å². The summed E-state index contributed by atoms with van der Waals surface area (Å²) >= 11 is 0. The molecule has 4 N–H and O–H groups in total. The maximum Gasteiger partial charge on any atom is 0.326 e. The minimum Gasteiger partial charge on any atom is -0.508 e. The van der Waals surface area contributed by atoms with Crippen LogP contribution in [0.3, 0.4) is 0 Å². The smallest absolute Gasteiger partial charge is 0.326 e. The van der Waals surface area contributed by atoms with Crippen LogP contribution >= 0.6 is 0 Å². The number of carbonyl (C=O) groups is 3. The molecule has 47 heavy (non-hydrogen) atoms. The summed E-state index contributed by atoms with van der Waals surface area (Å²) in [6.07, 6.45) is 2.41. The Kier molecular flexibility index (Phi) is 12.3. The van der Waals surface area contributed by atoms with Crippen LogP contribution in [0, 0.1) is 5.92 Å². The minimum absolute atomic E-state index is 0.0583. The summed E-state index contributed by atoms with van der Waals surface area (Å²) in [7, 11) is 0. The lowest BCUT2D eigenvalue weighted by atomic mass is 9.92. The zero-order valence-electron chi connectivity index (χ0n) is 27.8. The number of phenolic OH excluding ortho intramolecular Hbond substituents is 1. The van der Waals surface area contributed by atoms with Crippen LogP contribution in [0.15, 0.2) is 91.5 Å². The summed E-state index contributed by atoms with van der Waals surface area (Å²) < 4.78 is 0. The van der Waals surface area contributed by atoms with Gasteiger partial charge in [-0.05, 0) is 67.1 Å². The van der Waals surface area contributed by atoms with Crippen molar-refractivity contribution in [1.82, 2.24) is 20.4 Å². The highest BCUT2D eigenvalue weighted by atomic mass is 16.4. The Morgan fingerprint density at radius 1 is 0.894 bits per heavy atom. The van der Waals surface area contributed by atoms with E-state index in [4.69, 9.17) is 0 Å². The normalized spacial score (nSPS) is 19.0. The highest BCUT2D eigenvalue weighted by molar-refractivity contribution is 5.98. The molecular formula is C38H48N4O5. The van der Waals surface area contributed by atoms with E-state index < -0.39 is 29.9 Å². The van der Waals surface area contributed by atoms with Crippen LogP contribution in [0.1, 0.15) is 67.2 Å². The SMILES string of the molecule is C=CCN1CC(C)N(C(c2ccc(C(=O)N[C@@H](Cc3ccccc3)C(=O)N[C@@H](CC(C)C)C(=O)O)cc2)c2cccc(O)c2)CC1C. The van der Waals surface area contributed by atoms with E-state index in [1.54, 1.807) is 24.3 Å². The number of carbonyl (C=O) groups excluding carboxylic acids is 2. The number of amides is 2. The van der Waals surface area contributed by atoms with Crippen molar-refractivity contribution in [3.63, 3.8) is 0 Å². The molecule has 250 valence electrons. The number of hydrogen-bond donors (Lipinski definition) is 4. The standard InChI is InChI=1S/C38H48N4O5/c1-6-19-41-23-27(5)42(24-26(41)4)35(31-13-10-14-32(43)22-31)29-15-17-30(18-16-29)36(44)39-33(21-28-11-8-7-9-12-28)37(45)40-34(38(46)47)20-25(2)3/h6-18,22,25-27,33-35,43H,1,19-21,23-24H2,2-5H3,(H,39,44)(H,40,45)(H,46,47)/t26?,27?,33-,34-,35?/m0/s1. The zero-order chi connectivity index (χ0) is 34.1. The van der Waals surface area contributed by atoms with Crippen molar-refractivity contribution in [3.05, 3.63) is 114 Å². The van der Waals surface area contributed by atoms with Gasteiger partial charge in [0.05, 0.1) is 6.04 Å². The highest BCUT2D eigenvalue weighted by Crippen LogP contribution is 2.34. The predicted octanol–water partition coefficient (Wildman–Crippen LogP) is 5.02. The van der Waals surface area contributed by atoms with E-state index >= 15 is 0 Å². The third kappa shape index (κ3) is 9.53. The molecule has 1 aliphatic heterocycles. The Morgan fingerprint density at radius 3 is 2.21 bits per heavy atom. The summed E-state index contributed by atoms with van der Waals surface area (Å²) in [6.45, 7) is 14.6. The van der Waals surface area contributed by atoms with Crippen LogP contribution in [-0.4, -0.2) is 81.6 Å². The van der Waals surface area contributed by atoms with Crippen molar-refractivity contribution in [1.29, 1.82) is 0 Å². The Morgan fingerprint density at radius 2 is 1.60 bits per heavy atom. The number of nitrogens with one attached hydrogen (secondary N) is 2. The number of hydrogen-bond acceptors (Lipinski definition) is 6. The van der Waals surface area contributed by atoms with Gasteiger partial charge in [-0.15, -0.1) is 6.58 Å². The molecule has 0 aromatic heterocycles. The summed E-state index contributed by atoms with van der Waals surface area (Å²) in [5.74, 6) is -1.84. The van der Waals surface area contributed by atoms with Crippen molar-refractivity contribution >= 4 is 17.8 Å². The summed E-state index contributed by atoms with van der Waals surface area (Å²) in [5.41, 5.74) is 3.14. The second kappa shape index (κ2) is 16.4. The fourth-order valence-corrected chi connectivity index (χ4v) is 6.36. The van der Waals surface area contributed by atoms with Gasteiger partial charge in [-0.25, -0.2) is 4.79 Å². The number of aliphatic carboxylic acids is 1. The molecule has 2 amide bonds. The summed E-state index contributed by atoms with van der Waals surface area (Å²) in [5, 5.41) is 25.6. The molecular weight excluding hydrogens is 592 g/mol. The molecule has 9 nitrogen and oxygen atoms in total. The number of piperazine rings is 1. The molecule has 1 fully saturated rings. The van der Waals surface area contributed by atoms with E-state index in [1.807, 2.05) is 74.5 Å². The van der Waals surface area contributed by atoms with E-state index in [-0.39, 0.29) is 36.6 Å². The van der Waals surface area contributed by atoms with E-state index in [2.05, 4.69) is 40.9 Å². The van der Waals surface area contributed by atoms with Gasteiger partial charge in [-0.3, -0.25) is 19.4 Å².